The Morgan fingerprint density at radius 2 is 1.93 bits per heavy atom. The van der Waals surface area contributed by atoms with E-state index in [-0.39, 0.29) is 31.1 Å². The van der Waals surface area contributed by atoms with E-state index in [9.17, 15) is 18.8 Å². The van der Waals surface area contributed by atoms with E-state index in [1.165, 1.54) is 17.0 Å². The molecule has 154 valence electrons. The van der Waals surface area contributed by atoms with Crippen LogP contribution in [0.3, 0.4) is 0 Å². The van der Waals surface area contributed by atoms with Crippen molar-refractivity contribution in [3.8, 4) is 0 Å². The molecule has 0 unspecified atom stereocenters. The molecule has 0 aliphatic carbocycles. The predicted octanol–water partition coefficient (Wildman–Crippen LogP) is 2.67. The van der Waals surface area contributed by atoms with Crippen LogP contribution in [0.15, 0.2) is 59.8 Å². The third-order valence-corrected chi connectivity index (χ3v) is 5.26. The van der Waals surface area contributed by atoms with Gasteiger partial charge >= 0.3 is 12.0 Å². The molecule has 30 heavy (non-hydrogen) atoms. The highest BCUT2D eigenvalue weighted by Crippen LogP contribution is 2.37. The van der Waals surface area contributed by atoms with Gasteiger partial charge in [0.25, 0.3) is 0 Å². The van der Waals surface area contributed by atoms with Gasteiger partial charge in [0.1, 0.15) is 19.0 Å². The molecule has 1 atom stereocenters. The number of nitrogens with zero attached hydrogens (tertiary/aromatic N) is 1. The summed E-state index contributed by atoms with van der Waals surface area (Å²) in [5, 5.41) is 5.81. The molecule has 4 rings (SSSR count). The summed E-state index contributed by atoms with van der Waals surface area (Å²) in [4.78, 5) is 38.7. The zero-order valence-corrected chi connectivity index (χ0v) is 16.4. The van der Waals surface area contributed by atoms with E-state index in [4.69, 9.17) is 16.3 Å². The number of hydrogen-bond acceptors (Lipinski definition) is 4. The molecule has 2 aliphatic rings. The van der Waals surface area contributed by atoms with Gasteiger partial charge in [-0.25, -0.2) is 14.0 Å². The molecule has 2 heterocycles. The van der Waals surface area contributed by atoms with Crippen molar-refractivity contribution < 1.29 is 23.5 Å². The second-order valence-electron chi connectivity index (χ2n) is 6.83. The van der Waals surface area contributed by atoms with Crippen LogP contribution in [0.4, 0.5) is 9.18 Å². The van der Waals surface area contributed by atoms with Crippen LogP contribution in [0, 0.1) is 5.82 Å². The first-order chi connectivity index (χ1) is 14.4. The van der Waals surface area contributed by atoms with Crippen LogP contribution in [0.1, 0.15) is 17.2 Å². The average molecular weight is 430 g/mol. The number of benzene rings is 2. The summed E-state index contributed by atoms with van der Waals surface area (Å²) in [6, 6.07) is 11.3. The number of hydrogen-bond donors (Lipinski definition) is 2. The number of halogens is 2. The summed E-state index contributed by atoms with van der Waals surface area (Å²) in [5.41, 5.74) is 1.88. The molecule has 2 N–H and O–H groups in total. The molecule has 2 aliphatic heterocycles. The Morgan fingerprint density at radius 1 is 1.20 bits per heavy atom. The van der Waals surface area contributed by atoms with Crippen molar-refractivity contribution in [1.29, 1.82) is 0 Å². The van der Waals surface area contributed by atoms with E-state index in [2.05, 4.69) is 10.6 Å². The molecular weight excluding hydrogens is 413 g/mol. The maximum absolute atomic E-state index is 13.0. The van der Waals surface area contributed by atoms with Crippen molar-refractivity contribution in [3.05, 3.63) is 81.8 Å². The lowest BCUT2D eigenvalue weighted by atomic mass is 9.95. The fourth-order valence-corrected chi connectivity index (χ4v) is 3.67. The molecular formula is C21H17ClFN3O4. The summed E-state index contributed by atoms with van der Waals surface area (Å²) in [6.07, 6.45) is 0. The van der Waals surface area contributed by atoms with Crippen molar-refractivity contribution in [2.45, 2.75) is 12.6 Å². The Balaban J connectivity index is 1.52. The number of carbonyl (C=O) groups is 3. The molecule has 7 nitrogen and oxygen atoms in total. The van der Waals surface area contributed by atoms with Gasteiger partial charge in [-0.2, -0.15) is 0 Å². The van der Waals surface area contributed by atoms with Gasteiger partial charge in [0.05, 0.1) is 17.3 Å². The van der Waals surface area contributed by atoms with E-state index in [1.807, 2.05) is 0 Å². The smallest absolute Gasteiger partial charge is 0.338 e. The van der Waals surface area contributed by atoms with Gasteiger partial charge < -0.3 is 15.4 Å². The monoisotopic (exact) mass is 429 g/mol. The standard InChI is InChI=1S/C21H17ClFN3O4/c22-15-4-2-1-3-14(15)19-18-16(11-30-20(18)28)26(21(29)25-19)10-17(27)24-9-12-5-7-13(23)8-6-12/h1-8,19H,9-11H2,(H,24,27)(H,25,29)/t19-/m0/s1. The SMILES string of the molecule is O=C(CN1C(=O)N[C@@H](c2ccccc2Cl)C2=C1COC2=O)NCc1ccc(F)cc1. The topological polar surface area (TPSA) is 87.7 Å². The Bertz CT molecular complexity index is 1050. The maximum atomic E-state index is 13.0. The molecule has 0 spiro atoms. The van der Waals surface area contributed by atoms with E-state index in [0.717, 1.165) is 0 Å². The number of carbonyl (C=O) groups excluding carboxylic acids is 3. The third-order valence-electron chi connectivity index (χ3n) is 4.92. The van der Waals surface area contributed by atoms with Crippen LogP contribution < -0.4 is 10.6 Å². The lowest BCUT2D eigenvalue weighted by molar-refractivity contribution is -0.136. The minimum Gasteiger partial charge on any atom is -0.456 e. The highest BCUT2D eigenvalue weighted by atomic mass is 35.5. The summed E-state index contributed by atoms with van der Waals surface area (Å²) in [7, 11) is 0. The quantitative estimate of drug-likeness (QED) is 0.715. The molecule has 0 saturated carbocycles. The molecule has 0 aromatic heterocycles. The maximum Gasteiger partial charge on any atom is 0.338 e. The van der Waals surface area contributed by atoms with Gasteiger partial charge in [0, 0.05) is 11.6 Å². The van der Waals surface area contributed by atoms with Crippen LogP contribution in [0.2, 0.25) is 5.02 Å². The molecule has 9 heteroatoms. The van der Waals surface area contributed by atoms with Gasteiger partial charge in [-0.05, 0) is 29.3 Å². The normalized spacial score (nSPS) is 18.1. The number of ether oxygens (including phenoxy) is 1. The molecule has 0 saturated heterocycles. The van der Waals surface area contributed by atoms with Gasteiger partial charge in [-0.15, -0.1) is 0 Å². The Hall–Kier alpha value is -3.39. The summed E-state index contributed by atoms with van der Waals surface area (Å²) >= 11 is 6.25. The van der Waals surface area contributed by atoms with E-state index in [1.54, 1.807) is 36.4 Å². The molecule has 0 bridgehead atoms. The highest BCUT2D eigenvalue weighted by molar-refractivity contribution is 6.31. The second kappa shape index (κ2) is 8.16. The first-order valence-electron chi connectivity index (χ1n) is 9.18. The highest BCUT2D eigenvalue weighted by Gasteiger charge is 2.43. The summed E-state index contributed by atoms with van der Waals surface area (Å²) in [5.74, 6) is -1.36. The first-order valence-corrected chi connectivity index (χ1v) is 9.55. The Morgan fingerprint density at radius 3 is 2.67 bits per heavy atom. The minimum atomic E-state index is -0.755. The van der Waals surface area contributed by atoms with Gasteiger partial charge in [-0.3, -0.25) is 9.69 Å². The van der Waals surface area contributed by atoms with E-state index in [0.29, 0.717) is 21.8 Å². The zero-order valence-electron chi connectivity index (χ0n) is 15.7. The number of nitrogens with one attached hydrogen (secondary N) is 2. The fraction of sp³-hybridized carbons (Fsp3) is 0.190. The zero-order chi connectivity index (χ0) is 21.3. The molecule has 0 radical (unpaired) electrons. The Labute approximate surface area is 176 Å². The van der Waals surface area contributed by atoms with Crippen molar-refractivity contribution in [3.63, 3.8) is 0 Å². The largest absolute Gasteiger partial charge is 0.456 e. The van der Waals surface area contributed by atoms with E-state index < -0.39 is 23.9 Å². The summed E-state index contributed by atoms with van der Waals surface area (Å²) < 4.78 is 18.1. The average Bonchev–Trinajstić information content (AvgIpc) is 3.11. The van der Waals surface area contributed by atoms with Crippen molar-refractivity contribution in [2.24, 2.45) is 0 Å². The van der Waals surface area contributed by atoms with Gasteiger partial charge in [-0.1, -0.05) is 41.9 Å². The second-order valence-corrected chi connectivity index (χ2v) is 7.24. The summed E-state index contributed by atoms with van der Waals surface area (Å²) in [6.45, 7) is -0.219. The first kappa shape index (κ1) is 19.9. The van der Waals surface area contributed by atoms with Crippen LogP contribution >= 0.6 is 11.6 Å². The number of rotatable bonds is 5. The van der Waals surface area contributed by atoms with Gasteiger partial charge in [0.15, 0.2) is 0 Å². The lowest BCUT2D eigenvalue weighted by Gasteiger charge is -2.32. The minimum absolute atomic E-state index is 0.103. The number of cyclic esters (lactones) is 1. The fourth-order valence-electron chi connectivity index (χ4n) is 3.42. The molecule has 0 fully saturated rings. The number of urea groups is 1. The number of esters is 1. The van der Waals surface area contributed by atoms with Crippen molar-refractivity contribution in [1.82, 2.24) is 15.5 Å². The lowest BCUT2D eigenvalue weighted by Crippen LogP contribution is -2.50. The van der Waals surface area contributed by atoms with Crippen LogP contribution in [0.5, 0.6) is 0 Å². The van der Waals surface area contributed by atoms with E-state index >= 15 is 0 Å². The molecule has 2 aromatic rings. The Kier molecular flexibility index (Phi) is 5.41. The van der Waals surface area contributed by atoms with Gasteiger partial charge in [0.2, 0.25) is 5.91 Å². The molecule has 3 amide bonds. The van der Waals surface area contributed by atoms with Crippen LogP contribution in [0.25, 0.3) is 0 Å². The predicted molar refractivity (Wildman–Crippen MR) is 106 cm³/mol. The molecule has 2 aromatic carbocycles. The van der Waals surface area contributed by atoms with Crippen LogP contribution in [-0.4, -0.2) is 36.0 Å². The third kappa shape index (κ3) is 3.86. The van der Waals surface area contributed by atoms with Crippen molar-refractivity contribution in [2.75, 3.05) is 13.2 Å². The number of amides is 3. The van der Waals surface area contributed by atoms with Crippen LogP contribution in [-0.2, 0) is 20.9 Å². The van der Waals surface area contributed by atoms with Crippen molar-refractivity contribution >= 4 is 29.5 Å².